The second-order valence-corrected chi connectivity index (χ2v) is 4.43. The van der Waals surface area contributed by atoms with E-state index in [2.05, 4.69) is 27.4 Å². The standard InChI is InChI=1S/C13H15N3O/c17-13-15-8-12(16-13)10-4-1-3-9(7-10)11-5-2-6-14-11/h1,3-4,7-8,11,14H,2,5-6H2,(H2,15,16,17). The van der Waals surface area contributed by atoms with Gasteiger partial charge < -0.3 is 15.3 Å². The number of rotatable bonds is 2. The van der Waals surface area contributed by atoms with Crippen LogP contribution in [0.5, 0.6) is 0 Å². The van der Waals surface area contributed by atoms with Crippen LogP contribution in [0.4, 0.5) is 0 Å². The van der Waals surface area contributed by atoms with Crippen LogP contribution >= 0.6 is 0 Å². The Bertz CT molecular complexity index is 564. The summed E-state index contributed by atoms with van der Waals surface area (Å²) in [6.07, 6.45) is 4.13. The number of benzene rings is 1. The Hall–Kier alpha value is -1.81. The van der Waals surface area contributed by atoms with E-state index in [1.165, 1.54) is 18.4 Å². The molecule has 3 rings (SSSR count). The molecule has 2 heterocycles. The number of nitrogens with one attached hydrogen (secondary N) is 3. The highest BCUT2D eigenvalue weighted by Crippen LogP contribution is 2.26. The third-order valence-corrected chi connectivity index (χ3v) is 3.26. The molecular weight excluding hydrogens is 214 g/mol. The predicted octanol–water partition coefficient (Wildman–Crippen LogP) is 1.79. The van der Waals surface area contributed by atoms with Gasteiger partial charge in [0.2, 0.25) is 0 Å². The molecular formula is C13H15N3O. The maximum Gasteiger partial charge on any atom is 0.323 e. The van der Waals surface area contributed by atoms with Crippen molar-refractivity contribution in [2.24, 2.45) is 0 Å². The molecule has 1 atom stereocenters. The molecule has 4 nitrogen and oxygen atoms in total. The van der Waals surface area contributed by atoms with Crippen molar-refractivity contribution in [2.75, 3.05) is 6.54 Å². The van der Waals surface area contributed by atoms with Gasteiger partial charge >= 0.3 is 5.69 Å². The average Bonchev–Trinajstić information content (AvgIpc) is 3.00. The van der Waals surface area contributed by atoms with Crippen LogP contribution < -0.4 is 11.0 Å². The smallest absolute Gasteiger partial charge is 0.312 e. The zero-order valence-electron chi connectivity index (χ0n) is 9.49. The summed E-state index contributed by atoms with van der Waals surface area (Å²) >= 11 is 0. The van der Waals surface area contributed by atoms with Gasteiger partial charge in [-0.25, -0.2) is 4.79 Å². The molecule has 1 saturated heterocycles. The summed E-state index contributed by atoms with van der Waals surface area (Å²) in [5.41, 5.74) is 3.02. The second-order valence-electron chi connectivity index (χ2n) is 4.43. The molecule has 1 fully saturated rings. The van der Waals surface area contributed by atoms with Gasteiger partial charge in [-0.2, -0.15) is 0 Å². The fourth-order valence-electron chi connectivity index (χ4n) is 2.38. The summed E-state index contributed by atoms with van der Waals surface area (Å²) in [6, 6.07) is 8.79. The Morgan fingerprint density at radius 3 is 2.94 bits per heavy atom. The fraction of sp³-hybridized carbons (Fsp3) is 0.308. The molecule has 4 heteroatoms. The van der Waals surface area contributed by atoms with Crippen LogP contribution in [0.15, 0.2) is 35.3 Å². The lowest BCUT2D eigenvalue weighted by atomic mass is 10.0. The number of H-pyrrole nitrogens is 2. The van der Waals surface area contributed by atoms with Crippen LogP contribution in [0.3, 0.4) is 0 Å². The molecule has 1 aliphatic heterocycles. The highest BCUT2D eigenvalue weighted by molar-refractivity contribution is 5.59. The first-order chi connectivity index (χ1) is 8.33. The van der Waals surface area contributed by atoms with E-state index in [-0.39, 0.29) is 5.69 Å². The number of aromatic nitrogens is 2. The van der Waals surface area contributed by atoms with Crippen molar-refractivity contribution in [2.45, 2.75) is 18.9 Å². The molecule has 88 valence electrons. The van der Waals surface area contributed by atoms with Gasteiger partial charge in [0.1, 0.15) is 0 Å². The van der Waals surface area contributed by atoms with Gasteiger partial charge in [0, 0.05) is 12.2 Å². The first-order valence-electron chi connectivity index (χ1n) is 5.94. The lowest BCUT2D eigenvalue weighted by molar-refractivity contribution is 0.648. The number of aromatic amines is 2. The molecule has 1 aromatic heterocycles. The van der Waals surface area contributed by atoms with Crippen LogP contribution in [-0.4, -0.2) is 16.5 Å². The predicted molar refractivity (Wildman–Crippen MR) is 66.8 cm³/mol. The maximum absolute atomic E-state index is 11.1. The van der Waals surface area contributed by atoms with Gasteiger partial charge in [-0.1, -0.05) is 18.2 Å². The largest absolute Gasteiger partial charge is 0.323 e. The zero-order valence-corrected chi connectivity index (χ0v) is 9.49. The Kier molecular flexibility index (Phi) is 2.57. The molecule has 1 aliphatic rings. The molecule has 0 aliphatic carbocycles. The van der Waals surface area contributed by atoms with Gasteiger partial charge in [0.25, 0.3) is 0 Å². The quantitative estimate of drug-likeness (QED) is 0.735. The van der Waals surface area contributed by atoms with E-state index in [0.717, 1.165) is 17.8 Å². The Labute approximate surface area is 99.1 Å². The molecule has 0 radical (unpaired) electrons. The van der Waals surface area contributed by atoms with Crippen molar-refractivity contribution in [3.05, 3.63) is 46.5 Å². The van der Waals surface area contributed by atoms with E-state index in [4.69, 9.17) is 0 Å². The van der Waals surface area contributed by atoms with Gasteiger partial charge in [0.15, 0.2) is 0 Å². The summed E-state index contributed by atoms with van der Waals surface area (Å²) in [7, 11) is 0. The summed E-state index contributed by atoms with van der Waals surface area (Å²) in [4.78, 5) is 16.5. The molecule has 0 saturated carbocycles. The average molecular weight is 229 g/mol. The van der Waals surface area contributed by atoms with Gasteiger partial charge in [-0.05, 0) is 36.6 Å². The minimum atomic E-state index is -0.163. The van der Waals surface area contributed by atoms with E-state index in [1.807, 2.05) is 12.1 Å². The van der Waals surface area contributed by atoms with Crippen molar-refractivity contribution < 1.29 is 0 Å². The summed E-state index contributed by atoms with van der Waals surface area (Å²) in [5.74, 6) is 0. The topological polar surface area (TPSA) is 60.7 Å². The van der Waals surface area contributed by atoms with Crippen molar-refractivity contribution in [3.63, 3.8) is 0 Å². The summed E-state index contributed by atoms with van der Waals surface area (Å²) < 4.78 is 0. The fourth-order valence-corrected chi connectivity index (χ4v) is 2.38. The molecule has 0 amide bonds. The minimum Gasteiger partial charge on any atom is -0.312 e. The van der Waals surface area contributed by atoms with Crippen LogP contribution in [0, 0.1) is 0 Å². The molecule has 0 bridgehead atoms. The third kappa shape index (κ3) is 2.03. The van der Waals surface area contributed by atoms with Crippen LogP contribution in [0.25, 0.3) is 11.3 Å². The van der Waals surface area contributed by atoms with Crippen LogP contribution in [0.1, 0.15) is 24.4 Å². The van der Waals surface area contributed by atoms with E-state index in [9.17, 15) is 4.79 Å². The first kappa shape index (κ1) is 10.4. The SMILES string of the molecule is O=c1[nH]cc(-c2cccc(C3CCCN3)c2)[nH]1. The Morgan fingerprint density at radius 2 is 2.24 bits per heavy atom. The lowest BCUT2D eigenvalue weighted by Crippen LogP contribution is -2.12. The molecule has 17 heavy (non-hydrogen) atoms. The summed E-state index contributed by atoms with van der Waals surface area (Å²) in [6.45, 7) is 1.09. The zero-order chi connectivity index (χ0) is 11.7. The molecule has 1 unspecified atom stereocenters. The highest BCUT2D eigenvalue weighted by atomic mass is 16.1. The van der Waals surface area contributed by atoms with E-state index >= 15 is 0 Å². The number of hydrogen-bond acceptors (Lipinski definition) is 2. The maximum atomic E-state index is 11.1. The van der Waals surface area contributed by atoms with Crippen molar-refractivity contribution >= 4 is 0 Å². The Balaban J connectivity index is 1.95. The first-order valence-corrected chi connectivity index (χ1v) is 5.94. The van der Waals surface area contributed by atoms with Crippen molar-refractivity contribution in [1.82, 2.24) is 15.3 Å². The Morgan fingerprint density at radius 1 is 1.29 bits per heavy atom. The molecule has 1 aromatic carbocycles. The summed E-state index contributed by atoms with van der Waals surface area (Å²) in [5, 5.41) is 3.48. The van der Waals surface area contributed by atoms with Crippen LogP contribution in [0.2, 0.25) is 0 Å². The minimum absolute atomic E-state index is 0.163. The van der Waals surface area contributed by atoms with Gasteiger partial charge in [-0.3, -0.25) is 0 Å². The van der Waals surface area contributed by atoms with E-state index in [0.29, 0.717) is 6.04 Å². The van der Waals surface area contributed by atoms with Crippen LogP contribution in [-0.2, 0) is 0 Å². The highest BCUT2D eigenvalue weighted by Gasteiger charge is 2.16. The van der Waals surface area contributed by atoms with Gasteiger partial charge in [-0.15, -0.1) is 0 Å². The van der Waals surface area contributed by atoms with Crippen molar-refractivity contribution in [3.8, 4) is 11.3 Å². The molecule has 0 spiro atoms. The third-order valence-electron chi connectivity index (χ3n) is 3.26. The van der Waals surface area contributed by atoms with Gasteiger partial charge in [0.05, 0.1) is 5.69 Å². The lowest BCUT2D eigenvalue weighted by Gasteiger charge is -2.11. The molecule has 3 N–H and O–H groups in total. The van der Waals surface area contributed by atoms with E-state index < -0.39 is 0 Å². The van der Waals surface area contributed by atoms with E-state index in [1.54, 1.807) is 6.20 Å². The monoisotopic (exact) mass is 229 g/mol. The second kappa shape index (κ2) is 4.22. The molecule has 2 aromatic rings. The number of imidazole rings is 1. The number of hydrogen-bond donors (Lipinski definition) is 3. The van der Waals surface area contributed by atoms with Crippen molar-refractivity contribution in [1.29, 1.82) is 0 Å². The normalized spacial score (nSPS) is 19.6.